The minimum absolute atomic E-state index is 0.0765. The number of nitrogens with one attached hydrogen (secondary N) is 1. The first-order valence-electron chi connectivity index (χ1n) is 7.58. The molecule has 1 fully saturated rings. The predicted octanol–water partition coefficient (Wildman–Crippen LogP) is 1.56. The van der Waals surface area contributed by atoms with Crippen LogP contribution in [0.25, 0.3) is 0 Å². The molecule has 0 aliphatic carbocycles. The van der Waals surface area contributed by atoms with E-state index in [1.807, 2.05) is 0 Å². The summed E-state index contributed by atoms with van der Waals surface area (Å²) >= 11 is 0. The van der Waals surface area contributed by atoms with Crippen molar-refractivity contribution < 1.29 is 9.72 Å². The fourth-order valence-electron chi connectivity index (χ4n) is 2.54. The Morgan fingerprint density at radius 3 is 2.50 bits per heavy atom. The van der Waals surface area contributed by atoms with Gasteiger partial charge in [-0.05, 0) is 12.6 Å². The second kappa shape index (κ2) is 7.86. The largest absolute Gasteiger partial charge is 0.320 e. The summed E-state index contributed by atoms with van der Waals surface area (Å²) in [6.45, 7) is 7.88. The highest BCUT2D eigenvalue weighted by Gasteiger charge is 2.18. The van der Waals surface area contributed by atoms with E-state index in [0.29, 0.717) is 13.0 Å². The molecule has 0 unspecified atom stereocenters. The minimum Gasteiger partial charge on any atom is -0.320 e. The van der Waals surface area contributed by atoms with Crippen molar-refractivity contribution in [3.05, 3.63) is 34.4 Å². The maximum absolute atomic E-state index is 12.0. The molecule has 1 aliphatic heterocycles. The fourth-order valence-corrected chi connectivity index (χ4v) is 2.54. The van der Waals surface area contributed by atoms with Crippen molar-refractivity contribution in [1.82, 2.24) is 9.80 Å². The molecule has 0 bridgehead atoms. The molecule has 1 N–H and O–H groups in total. The highest BCUT2D eigenvalue weighted by Crippen LogP contribution is 2.23. The van der Waals surface area contributed by atoms with E-state index in [0.717, 1.165) is 32.7 Å². The summed E-state index contributed by atoms with van der Waals surface area (Å²) in [6, 6.07) is 6.20. The van der Waals surface area contributed by atoms with Gasteiger partial charge in [0.15, 0.2) is 0 Å². The summed E-state index contributed by atoms with van der Waals surface area (Å²) in [5.74, 6) is -0.188. The second-order valence-corrected chi connectivity index (χ2v) is 5.35. The van der Waals surface area contributed by atoms with Gasteiger partial charge in [-0.2, -0.15) is 0 Å². The topological polar surface area (TPSA) is 78.7 Å². The Morgan fingerprint density at radius 2 is 1.86 bits per heavy atom. The number of piperazine rings is 1. The third-order valence-electron chi connectivity index (χ3n) is 3.94. The lowest BCUT2D eigenvalue weighted by Crippen LogP contribution is -2.46. The van der Waals surface area contributed by atoms with Crippen LogP contribution < -0.4 is 5.32 Å². The zero-order chi connectivity index (χ0) is 15.9. The first-order valence-corrected chi connectivity index (χ1v) is 7.58. The van der Waals surface area contributed by atoms with Gasteiger partial charge < -0.3 is 15.1 Å². The number of nitro groups is 1. The van der Waals surface area contributed by atoms with Crippen LogP contribution in [0.15, 0.2) is 24.3 Å². The predicted molar refractivity (Wildman–Crippen MR) is 84.9 cm³/mol. The van der Waals surface area contributed by atoms with Crippen molar-refractivity contribution in [3.8, 4) is 0 Å². The van der Waals surface area contributed by atoms with Gasteiger partial charge in [0.2, 0.25) is 5.91 Å². The Hall–Kier alpha value is -1.99. The Bertz CT molecular complexity index is 527. The zero-order valence-corrected chi connectivity index (χ0v) is 12.8. The lowest BCUT2D eigenvalue weighted by atomic mass is 10.2. The number of amides is 1. The molecule has 120 valence electrons. The molecule has 0 spiro atoms. The van der Waals surface area contributed by atoms with E-state index >= 15 is 0 Å². The van der Waals surface area contributed by atoms with Crippen molar-refractivity contribution in [1.29, 1.82) is 0 Å². The monoisotopic (exact) mass is 306 g/mol. The van der Waals surface area contributed by atoms with Crippen molar-refractivity contribution in [3.63, 3.8) is 0 Å². The van der Waals surface area contributed by atoms with Crippen molar-refractivity contribution in [2.75, 3.05) is 44.6 Å². The SMILES string of the molecule is CCN1CCN(CCC(=O)Nc2ccccc2[N+](=O)[O-])CC1. The van der Waals surface area contributed by atoms with Gasteiger partial charge in [-0.1, -0.05) is 19.1 Å². The van der Waals surface area contributed by atoms with E-state index < -0.39 is 4.92 Å². The number of carbonyl (C=O) groups is 1. The molecule has 7 heteroatoms. The second-order valence-electron chi connectivity index (χ2n) is 5.35. The number of hydrogen-bond donors (Lipinski definition) is 1. The molecular formula is C15H22N4O3. The third kappa shape index (κ3) is 4.51. The van der Waals surface area contributed by atoms with Gasteiger partial charge in [0.25, 0.3) is 5.69 Å². The number of benzene rings is 1. The maximum Gasteiger partial charge on any atom is 0.292 e. The first-order chi connectivity index (χ1) is 10.6. The molecular weight excluding hydrogens is 284 g/mol. The van der Waals surface area contributed by atoms with Crippen LogP contribution in [0, 0.1) is 10.1 Å². The Kier molecular flexibility index (Phi) is 5.85. The van der Waals surface area contributed by atoms with Gasteiger partial charge in [0.1, 0.15) is 5.69 Å². The number of para-hydroxylation sites is 2. The third-order valence-corrected chi connectivity index (χ3v) is 3.94. The van der Waals surface area contributed by atoms with Gasteiger partial charge in [-0.15, -0.1) is 0 Å². The number of anilines is 1. The molecule has 1 aromatic rings. The Balaban J connectivity index is 1.80. The van der Waals surface area contributed by atoms with Gasteiger partial charge in [0, 0.05) is 45.2 Å². The van der Waals surface area contributed by atoms with Crippen LogP contribution >= 0.6 is 0 Å². The van der Waals surface area contributed by atoms with E-state index in [9.17, 15) is 14.9 Å². The average molecular weight is 306 g/mol. The Morgan fingerprint density at radius 1 is 1.23 bits per heavy atom. The molecule has 1 heterocycles. The van der Waals surface area contributed by atoms with E-state index in [1.54, 1.807) is 18.2 Å². The molecule has 22 heavy (non-hydrogen) atoms. The summed E-state index contributed by atoms with van der Waals surface area (Å²) in [5, 5.41) is 13.5. The van der Waals surface area contributed by atoms with Crippen molar-refractivity contribution >= 4 is 17.3 Å². The van der Waals surface area contributed by atoms with E-state index in [4.69, 9.17) is 0 Å². The number of nitrogens with zero attached hydrogens (tertiary/aromatic N) is 3. The molecule has 0 radical (unpaired) electrons. The number of nitro benzene ring substituents is 1. The van der Waals surface area contributed by atoms with Gasteiger partial charge in [-0.3, -0.25) is 14.9 Å². The molecule has 2 rings (SSSR count). The number of likely N-dealkylation sites (N-methyl/N-ethyl adjacent to an activating group) is 1. The van der Waals surface area contributed by atoms with Crippen LogP contribution in [0.2, 0.25) is 0 Å². The molecule has 0 saturated carbocycles. The van der Waals surface area contributed by atoms with Crippen LogP contribution in [0.5, 0.6) is 0 Å². The molecule has 0 atom stereocenters. The zero-order valence-electron chi connectivity index (χ0n) is 12.8. The smallest absolute Gasteiger partial charge is 0.292 e. The number of hydrogen-bond acceptors (Lipinski definition) is 5. The van der Waals surface area contributed by atoms with E-state index in [1.165, 1.54) is 6.07 Å². The molecule has 7 nitrogen and oxygen atoms in total. The van der Waals surface area contributed by atoms with Gasteiger partial charge >= 0.3 is 0 Å². The number of carbonyl (C=O) groups excluding carboxylic acids is 1. The van der Waals surface area contributed by atoms with Crippen LogP contribution in [0.3, 0.4) is 0 Å². The summed E-state index contributed by atoms with van der Waals surface area (Å²) in [7, 11) is 0. The van der Waals surface area contributed by atoms with Crippen LogP contribution in [0.1, 0.15) is 13.3 Å². The quantitative estimate of drug-likeness (QED) is 0.637. The Labute approximate surface area is 130 Å². The lowest BCUT2D eigenvalue weighted by molar-refractivity contribution is -0.383. The molecule has 1 aliphatic rings. The standard InChI is InChI=1S/C15H22N4O3/c1-2-17-9-11-18(12-10-17)8-7-15(20)16-13-5-3-4-6-14(13)19(21)22/h3-6H,2,7-12H2,1H3,(H,16,20). The number of rotatable bonds is 6. The highest BCUT2D eigenvalue weighted by molar-refractivity contribution is 5.93. The normalized spacial score (nSPS) is 16.4. The van der Waals surface area contributed by atoms with Crippen molar-refractivity contribution in [2.24, 2.45) is 0 Å². The molecule has 1 aromatic carbocycles. The van der Waals surface area contributed by atoms with E-state index in [2.05, 4.69) is 22.0 Å². The molecule has 0 aromatic heterocycles. The maximum atomic E-state index is 12.0. The van der Waals surface area contributed by atoms with E-state index in [-0.39, 0.29) is 17.3 Å². The molecule has 1 saturated heterocycles. The van der Waals surface area contributed by atoms with Gasteiger partial charge in [0.05, 0.1) is 4.92 Å². The van der Waals surface area contributed by atoms with Crippen molar-refractivity contribution in [2.45, 2.75) is 13.3 Å². The summed E-state index contributed by atoms with van der Waals surface area (Å²) < 4.78 is 0. The minimum atomic E-state index is -0.487. The fraction of sp³-hybridized carbons (Fsp3) is 0.533. The van der Waals surface area contributed by atoms with Gasteiger partial charge in [-0.25, -0.2) is 0 Å². The summed E-state index contributed by atoms with van der Waals surface area (Å²) in [4.78, 5) is 27.0. The lowest BCUT2D eigenvalue weighted by Gasteiger charge is -2.33. The summed E-state index contributed by atoms with van der Waals surface area (Å²) in [5.41, 5.74) is 0.181. The highest BCUT2D eigenvalue weighted by atomic mass is 16.6. The molecule has 1 amide bonds. The summed E-state index contributed by atoms with van der Waals surface area (Å²) in [6.07, 6.45) is 0.345. The van der Waals surface area contributed by atoms with Crippen LogP contribution in [-0.2, 0) is 4.79 Å². The first kappa shape index (κ1) is 16.4. The average Bonchev–Trinajstić information content (AvgIpc) is 2.53. The van der Waals surface area contributed by atoms with Crippen LogP contribution in [-0.4, -0.2) is 59.9 Å². The van der Waals surface area contributed by atoms with Crippen LogP contribution in [0.4, 0.5) is 11.4 Å².